The molecule has 0 unspecified atom stereocenters. The molecule has 1 aliphatic heterocycles. The van der Waals surface area contributed by atoms with Crippen LogP contribution in [0.25, 0.3) is 0 Å². The van der Waals surface area contributed by atoms with E-state index < -0.39 is 23.3 Å². The lowest BCUT2D eigenvalue weighted by Crippen LogP contribution is -2.36. The van der Waals surface area contributed by atoms with Gasteiger partial charge in [-0.2, -0.15) is 18.3 Å². The average molecular weight is 397 g/mol. The van der Waals surface area contributed by atoms with Gasteiger partial charge in [0.1, 0.15) is 18.1 Å². The number of allylic oxidation sites excluding steroid dienone is 4. The molecule has 1 aliphatic rings. The lowest BCUT2D eigenvalue weighted by atomic mass is 10.1. The number of alkyl halides is 3. The summed E-state index contributed by atoms with van der Waals surface area (Å²) in [7, 11) is 0. The van der Waals surface area contributed by atoms with Crippen molar-refractivity contribution < 1.29 is 18.0 Å². The van der Waals surface area contributed by atoms with Crippen molar-refractivity contribution in [2.45, 2.75) is 38.9 Å². The highest BCUT2D eigenvalue weighted by Gasteiger charge is 2.32. The summed E-state index contributed by atoms with van der Waals surface area (Å²) in [6.07, 6.45) is 0.376. The molecule has 0 saturated carbocycles. The van der Waals surface area contributed by atoms with Crippen molar-refractivity contribution in [2.24, 2.45) is 4.99 Å². The monoisotopic (exact) mass is 397 g/mol. The number of aromatic nitrogens is 2. The van der Waals surface area contributed by atoms with Crippen LogP contribution >= 0.6 is 0 Å². The molecular formula is C18H22F3N5O2. The number of anilines is 1. The zero-order valence-corrected chi connectivity index (χ0v) is 15.5. The Morgan fingerprint density at radius 2 is 1.96 bits per heavy atom. The molecule has 0 radical (unpaired) electrons. The number of hydrogen-bond donors (Lipinski definition) is 1. The molecule has 1 amide bonds. The third kappa shape index (κ3) is 6.07. The van der Waals surface area contributed by atoms with Crippen LogP contribution in [0.1, 0.15) is 26.2 Å². The number of hydrogen-bond acceptors (Lipinski definition) is 5. The summed E-state index contributed by atoms with van der Waals surface area (Å²) in [5.41, 5.74) is -1.45. The Labute approximate surface area is 160 Å². The van der Waals surface area contributed by atoms with E-state index in [0.717, 1.165) is 43.1 Å². The molecule has 7 nitrogen and oxygen atoms in total. The topological polar surface area (TPSA) is 79.6 Å². The molecule has 0 bridgehead atoms. The largest absolute Gasteiger partial charge is 0.433 e. The van der Waals surface area contributed by atoms with Gasteiger partial charge < -0.3 is 10.2 Å². The van der Waals surface area contributed by atoms with E-state index in [0.29, 0.717) is 11.9 Å². The number of carbonyl (C=O) groups excluding carboxylic acids is 1. The van der Waals surface area contributed by atoms with Crippen LogP contribution in [-0.2, 0) is 11.3 Å². The second kappa shape index (κ2) is 9.34. The second-order valence-electron chi connectivity index (χ2n) is 6.34. The molecule has 1 saturated heterocycles. The van der Waals surface area contributed by atoms with Crippen LogP contribution in [0.5, 0.6) is 0 Å². The predicted octanol–water partition coefficient (Wildman–Crippen LogP) is 2.40. The maximum atomic E-state index is 12.6. The van der Waals surface area contributed by atoms with Crippen molar-refractivity contribution in [1.82, 2.24) is 15.1 Å². The quantitative estimate of drug-likeness (QED) is 0.591. The van der Waals surface area contributed by atoms with E-state index in [4.69, 9.17) is 0 Å². The minimum atomic E-state index is -4.63. The Bertz CT molecular complexity index is 836. The minimum Gasteiger partial charge on any atom is -0.355 e. The molecule has 1 aromatic rings. The van der Waals surface area contributed by atoms with Gasteiger partial charge in [0.2, 0.25) is 5.91 Å². The van der Waals surface area contributed by atoms with Crippen molar-refractivity contribution in [3.8, 4) is 0 Å². The van der Waals surface area contributed by atoms with Gasteiger partial charge in [-0.15, -0.1) is 0 Å². The third-order valence-electron chi connectivity index (χ3n) is 4.11. The van der Waals surface area contributed by atoms with Gasteiger partial charge in [-0.25, -0.2) is 4.68 Å². The van der Waals surface area contributed by atoms with Gasteiger partial charge in [-0.1, -0.05) is 0 Å². The summed E-state index contributed by atoms with van der Waals surface area (Å²) in [6.45, 7) is 5.63. The van der Waals surface area contributed by atoms with Crippen molar-refractivity contribution in [1.29, 1.82) is 0 Å². The standard InChI is InChI=1S/C18H22F3N5O2/c1-13(6-7-14(22-2)18(19,20)21)23-16(27)12-26-17(28)9-8-15(24-26)25-10-4-3-5-11-25/h6-9H,2-5,10-12H2,1H3,(H,23,27)/b13-6+,14-7-. The van der Waals surface area contributed by atoms with Gasteiger partial charge in [0.25, 0.3) is 5.56 Å². The maximum Gasteiger partial charge on any atom is 0.433 e. The van der Waals surface area contributed by atoms with E-state index in [2.05, 4.69) is 22.1 Å². The molecular weight excluding hydrogens is 375 g/mol. The Morgan fingerprint density at radius 1 is 1.29 bits per heavy atom. The van der Waals surface area contributed by atoms with Gasteiger partial charge in [-0.05, 0) is 51.1 Å². The number of rotatable bonds is 6. The van der Waals surface area contributed by atoms with E-state index in [1.807, 2.05) is 4.90 Å². The number of carbonyl (C=O) groups is 1. The molecule has 0 aromatic carbocycles. The smallest absolute Gasteiger partial charge is 0.355 e. The molecule has 2 heterocycles. The lowest BCUT2D eigenvalue weighted by molar-refractivity contribution is -0.121. The molecule has 0 aliphatic carbocycles. The van der Waals surface area contributed by atoms with Gasteiger partial charge in [0.15, 0.2) is 0 Å². The highest BCUT2D eigenvalue weighted by atomic mass is 19.4. The van der Waals surface area contributed by atoms with Crippen molar-refractivity contribution in [3.05, 3.63) is 46.0 Å². The van der Waals surface area contributed by atoms with Crippen LogP contribution in [0.4, 0.5) is 19.0 Å². The fourth-order valence-electron chi connectivity index (χ4n) is 2.72. The first-order valence-electron chi connectivity index (χ1n) is 8.76. The predicted molar refractivity (Wildman–Crippen MR) is 100 cm³/mol. The molecule has 1 N–H and O–H groups in total. The number of amides is 1. The first-order valence-corrected chi connectivity index (χ1v) is 8.76. The summed E-state index contributed by atoms with van der Waals surface area (Å²) in [5, 5.41) is 6.65. The number of aliphatic imine (C=N–C) groups is 1. The Balaban J connectivity index is 2.06. The Hall–Kier alpha value is -2.91. The molecule has 152 valence electrons. The fourth-order valence-corrected chi connectivity index (χ4v) is 2.72. The first-order chi connectivity index (χ1) is 13.2. The molecule has 0 atom stereocenters. The van der Waals surface area contributed by atoms with Crippen LogP contribution in [0.15, 0.2) is 45.5 Å². The summed E-state index contributed by atoms with van der Waals surface area (Å²) < 4.78 is 38.8. The molecule has 0 spiro atoms. The van der Waals surface area contributed by atoms with Crippen molar-refractivity contribution in [2.75, 3.05) is 18.0 Å². The van der Waals surface area contributed by atoms with Crippen LogP contribution in [0.3, 0.4) is 0 Å². The summed E-state index contributed by atoms with van der Waals surface area (Å²) in [6, 6.07) is 2.97. The van der Waals surface area contributed by atoms with Gasteiger partial charge in [-0.3, -0.25) is 14.6 Å². The van der Waals surface area contributed by atoms with Gasteiger partial charge in [0, 0.05) is 24.9 Å². The third-order valence-corrected chi connectivity index (χ3v) is 4.11. The highest BCUT2D eigenvalue weighted by Crippen LogP contribution is 2.26. The van der Waals surface area contributed by atoms with Crippen LogP contribution in [0.2, 0.25) is 0 Å². The summed E-state index contributed by atoms with van der Waals surface area (Å²) in [5.74, 6) is 0.0434. The summed E-state index contributed by atoms with van der Waals surface area (Å²) in [4.78, 5) is 29.1. The fraction of sp³-hybridized carbons (Fsp3) is 0.444. The average Bonchev–Trinajstić information content (AvgIpc) is 2.63. The highest BCUT2D eigenvalue weighted by molar-refractivity contribution is 5.77. The van der Waals surface area contributed by atoms with Crippen LogP contribution in [-0.4, -0.2) is 41.7 Å². The van der Waals surface area contributed by atoms with E-state index in [9.17, 15) is 22.8 Å². The lowest BCUT2D eigenvalue weighted by Gasteiger charge is -2.27. The molecule has 28 heavy (non-hydrogen) atoms. The number of nitrogens with one attached hydrogen (secondary N) is 1. The normalized spacial score (nSPS) is 16.1. The zero-order chi connectivity index (χ0) is 20.7. The van der Waals surface area contributed by atoms with Gasteiger partial charge in [0.05, 0.1) is 0 Å². The summed E-state index contributed by atoms with van der Waals surface area (Å²) >= 11 is 0. The second-order valence-corrected chi connectivity index (χ2v) is 6.34. The van der Waals surface area contributed by atoms with Crippen LogP contribution < -0.4 is 15.8 Å². The SMILES string of the molecule is C=N/C(=C\C=C(/C)NC(=O)Cn1nc(N2CCCCC2)ccc1=O)C(F)(F)F. The van der Waals surface area contributed by atoms with Gasteiger partial charge >= 0.3 is 6.18 Å². The van der Waals surface area contributed by atoms with E-state index in [1.54, 1.807) is 6.07 Å². The van der Waals surface area contributed by atoms with Crippen molar-refractivity contribution in [3.63, 3.8) is 0 Å². The van der Waals surface area contributed by atoms with E-state index in [-0.39, 0.29) is 12.2 Å². The Kier molecular flexibility index (Phi) is 7.13. The molecule has 1 fully saturated rings. The van der Waals surface area contributed by atoms with Crippen LogP contribution in [0, 0.1) is 0 Å². The van der Waals surface area contributed by atoms with Crippen molar-refractivity contribution >= 4 is 18.4 Å². The zero-order valence-electron chi connectivity index (χ0n) is 15.5. The van der Waals surface area contributed by atoms with E-state index >= 15 is 0 Å². The van der Waals surface area contributed by atoms with E-state index in [1.165, 1.54) is 13.0 Å². The molecule has 10 heteroatoms. The minimum absolute atomic E-state index is 0.163. The number of nitrogens with zero attached hydrogens (tertiary/aromatic N) is 4. The Morgan fingerprint density at radius 3 is 2.57 bits per heavy atom. The first kappa shape index (κ1) is 21.4. The number of halogens is 3. The number of piperidine rings is 1. The maximum absolute atomic E-state index is 12.6. The molecule has 2 rings (SSSR count). The molecule has 1 aromatic heterocycles.